The maximum Gasteiger partial charge on any atom is 0.0681 e. The first-order valence-corrected chi connectivity index (χ1v) is 4.26. The van der Waals surface area contributed by atoms with Gasteiger partial charge in [-0.2, -0.15) is 0 Å². The van der Waals surface area contributed by atoms with Gasteiger partial charge in [0.15, 0.2) is 0 Å². The zero-order valence-corrected chi connectivity index (χ0v) is 6.96. The van der Waals surface area contributed by atoms with Crippen molar-refractivity contribution in [1.82, 2.24) is 0 Å². The van der Waals surface area contributed by atoms with E-state index in [0.29, 0.717) is 0 Å². The second kappa shape index (κ2) is 2.88. The standard InChI is InChI=1S/C10H13NO/c11-10-4-8-2-1-7(6-12)3-9(8)5-10/h1-3,10,12H,4-6,11H2. The lowest BCUT2D eigenvalue weighted by Gasteiger charge is -2.00. The van der Waals surface area contributed by atoms with Crippen molar-refractivity contribution in [3.05, 3.63) is 34.9 Å². The highest BCUT2D eigenvalue weighted by atomic mass is 16.3. The molecule has 1 aromatic rings. The summed E-state index contributed by atoms with van der Waals surface area (Å²) >= 11 is 0. The average molecular weight is 163 g/mol. The van der Waals surface area contributed by atoms with E-state index in [1.54, 1.807) is 0 Å². The summed E-state index contributed by atoms with van der Waals surface area (Å²) in [6.45, 7) is 0.127. The minimum absolute atomic E-state index is 0.127. The fourth-order valence-electron chi connectivity index (χ4n) is 1.80. The molecule has 0 aromatic heterocycles. The Labute approximate surface area is 72.0 Å². The van der Waals surface area contributed by atoms with Crippen LogP contribution in [0.3, 0.4) is 0 Å². The second-order valence-electron chi connectivity index (χ2n) is 3.43. The van der Waals surface area contributed by atoms with Gasteiger partial charge in [-0.15, -0.1) is 0 Å². The lowest BCUT2D eigenvalue weighted by molar-refractivity contribution is 0.281. The predicted octanol–water partition coefficient (Wildman–Crippen LogP) is 0.605. The van der Waals surface area contributed by atoms with Crippen LogP contribution in [-0.4, -0.2) is 11.1 Å². The molecule has 0 aliphatic heterocycles. The lowest BCUT2D eigenvalue weighted by Crippen LogP contribution is -2.18. The van der Waals surface area contributed by atoms with Crippen LogP contribution in [0.4, 0.5) is 0 Å². The maximum atomic E-state index is 8.90. The van der Waals surface area contributed by atoms with Gasteiger partial charge >= 0.3 is 0 Å². The lowest BCUT2D eigenvalue weighted by atomic mass is 10.1. The molecule has 0 fully saturated rings. The molecule has 0 spiro atoms. The topological polar surface area (TPSA) is 46.2 Å². The number of aliphatic hydroxyl groups excluding tert-OH is 1. The number of nitrogens with two attached hydrogens (primary N) is 1. The van der Waals surface area contributed by atoms with Crippen LogP contribution in [0.2, 0.25) is 0 Å². The van der Waals surface area contributed by atoms with Crippen molar-refractivity contribution >= 4 is 0 Å². The van der Waals surface area contributed by atoms with Gasteiger partial charge < -0.3 is 10.8 Å². The molecule has 1 unspecified atom stereocenters. The Bertz CT molecular complexity index is 296. The summed E-state index contributed by atoms with van der Waals surface area (Å²) in [6, 6.07) is 6.39. The van der Waals surface area contributed by atoms with Gasteiger partial charge in [0.1, 0.15) is 0 Å². The van der Waals surface area contributed by atoms with Gasteiger partial charge in [0.05, 0.1) is 6.61 Å². The maximum absolute atomic E-state index is 8.90. The molecule has 2 nitrogen and oxygen atoms in total. The molecule has 0 bridgehead atoms. The van der Waals surface area contributed by atoms with E-state index < -0.39 is 0 Å². The van der Waals surface area contributed by atoms with E-state index in [-0.39, 0.29) is 12.6 Å². The van der Waals surface area contributed by atoms with Gasteiger partial charge in [-0.3, -0.25) is 0 Å². The van der Waals surface area contributed by atoms with Crippen LogP contribution in [-0.2, 0) is 19.4 Å². The van der Waals surface area contributed by atoms with E-state index in [2.05, 4.69) is 12.1 Å². The summed E-state index contributed by atoms with van der Waals surface area (Å²) in [5.74, 6) is 0. The molecule has 2 heteroatoms. The Balaban J connectivity index is 2.35. The first-order valence-electron chi connectivity index (χ1n) is 4.26. The third-order valence-electron chi connectivity index (χ3n) is 2.42. The quantitative estimate of drug-likeness (QED) is 0.637. The zero-order chi connectivity index (χ0) is 8.55. The van der Waals surface area contributed by atoms with Crippen LogP contribution in [0, 0.1) is 0 Å². The molecule has 0 amide bonds. The zero-order valence-electron chi connectivity index (χ0n) is 6.96. The average Bonchev–Trinajstić information content (AvgIpc) is 2.43. The van der Waals surface area contributed by atoms with Crippen LogP contribution < -0.4 is 5.73 Å². The number of aliphatic hydroxyl groups is 1. The number of rotatable bonds is 1. The SMILES string of the molecule is NC1Cc2ccc(CO)cc2C1. The largest absolute Gasteiger partial charge is 0.392 e. The predicted molar refractivity (Wildman–Crippen MR) is 47.7 cm³/mol. The summed E-state index contributed by atoms with van der Waals surface area (Å²) in [6.07, 6.45) is 1.95. The van der Waals surface area contributed by atoms with Crippen LogP contribution in [0.15, 0.2) is 18.2 Å². The van der Waals surface area contributed by atoms with Crippen molar-refractivity contribution < 1.29 is 5.11 Å². The molecule has 0 saturated carbocycles. The molecule has 3 N–H and O–H groups in total. The highest BCUT2D eigenvalue weighted by Crippen LogP contribution is 2.22. The van der Waals surface area contributed by atoms with Crippen molar-refractivity contribution in [1.29, 1.82) is 0 Å². The van der Waals surface area contributed by atoms with Crippen LogP contribution in [0.1, 0.15) is 16.7 Å². The van der Waals surface area contributed by atoms with Gasteiger partial charge in [0.2, 0.25) is 0 Å². The second-order valence-corrected chi connectivity index (χ2v) is 3.43. The van der Waals surface area contributed by atoms with Crippen molar-refractivity contribution in [3.63, 3.8) is 0 Å². The summed E-state index contributed by atoms with van der Waals surface area (Å²) in [4.78, 5) is 0. The van der Waals surface area contributed by atoms with Gasteiger partial charge in [-0.05, 0) is 29.5 Å². The summed E-state index contributed by atoms with van der Waals surface area (Å²) < 4.78 is 0. The molecule has 1 aromatic carbocycles. The fourth-order valence-corrected chi connectivity index (χ4v) is 1.80. The third-order valence-corrected chi connectivity index (χ3v) is 2.42. The van der Waals surface area contributed by atoms with Crippen LogP contribution in [0.5, 0.6) is 0 Å². The monoisotopic (exact) mass is 163 g/mol. The van der Waals surface area contributed by atoms with E-state index in [9.17, 15) is 0 Å². The molecule has 0 saturated heterocycles. The van der Waals surface area contributed by atoms with Crippen LogP contribution >= 0.6 is 0 Å². The molecule has 1 atom stereocenters. The Morgan fingerprint density at radius 3 is 2.83 bits per heavy atom. The molecule has 1 aliphatic carbocycles. The van der Waals surface area contributed by atoms with Gasteiger partial charge in [-0.25, -0.2) is 0 Å². The van der Waals surface area contributed by atoms with E-state index >= 15 is 0 Å². The molecule has 1 aliphatic rings. The minimum Gasteiger partial charge on any atom is -0.392 e. The first kappa shape index (κ1) is 7.77. The Hall–Kier alpha value is -0.860. The molecular weight excluding hydrogens is 150 g/mol. The minimum atomic E-state index is 0.127. The highest BCUT2D eigenvalue weighted by molar-refractivity contribution is 5.36. The molecule has 2 rings (SSSR count). The van der Waals surface area contributed by atoms with Crippen molar-refractivity contribution in [2.45, 2.75) is 25.5 Å². The van der Waals surface area contributed by atoms with E-state index in [0.717, 1.165) is 18.4 Å². The molecule has 12 heavy (non-hydrogen) atoms. The third kappa shape index (κ3) is 1.24. The number of hydrogen-bond acceptors (Lipinski definition) is 2. The van der Waals surface area contributed by atoms with E-state index in [1.165, 1.54) is 11.1 Å². The fraction of sp³-hybridized carbons (Fsp3) is 0.400. The number of benzene rings is 1. The van der Waals surface area contributed by atoms with E-state index in [4.69, 9.17) is 10.8 Å². The van der Waals surface area contributed by atoms with Crippen molar-refractivity contribution in [3.8, 4) is 0 Å². The van der Waals surface area contributed by atoms with Gasteiger partial charge in [-0.1, -0.05) is 18.2 Å². The van der Waals surface area contributed by atoms with E-state index in [1.807, 2.05) is 6.07 Å². The molecule has 0 radical (unpaired) electrons. The first-order chi connectivity index (χ1) is 5.79. The Morgan fingerprint density at radius 2 is 2.08 bits per heavy atom. The molecule has 0 heterocycles. The Morgan fingerprint density at radius 1 is 1.33 bits per heavy atom. The van der Waals surface area contributed by atoms with Gasteiger partial charge in [0, 0.05) is 6.04 Å². The number of fused-ring (bicyclic) bond motifs is 1. The smallest absolute Gasteiger partial charge is 0.0681 e. The summed E-state index contributed by atoms with van der Waals surface area (Å²) in [7, 11) is 0. The van der Waals surface area contributed by atoms with Crippen molar-refractivity contribution in [2.24, 2.45) is 5.73 Å². The normalized spacial score (nSPS) is 21.0. The number of hydrogen-bond donors (Lipinski definition) is 2. The van der Waals surface area contributed by atoms with Gasteiger partial charge in [0.25, 0.3) is 0 Å². The highest BCUT2D eigenvalue weighted by Gasteiger charge is 2.17. The van der Waals surface area contributed by atoms with Crippen LogP contribution in [0.25, 0.3) is 0 Å². The summed E-state index contributed by atoms with van der Waals surface area (Å²) in [5.41, 5.74) is 9.46. The van der Waals surface area contributed by atoms with Crippen molar-refractivity contribution in [2.75, 3.05) is 0 Å². The Kier molecular flexibility index (Phi) is 1.87. The summed E-state index contributed by atoms with van der Waals surface area (Å²) in [5, 5.41) is 8.90. The molecular formula is C10H13NO. The molecule has 64 valence electrons.